The van der Waals surface area contributed by atoms with E-state index in [1.165, 1.54) is 5.56 Å². The quantitative estimate of drug-likeness (QED) is 0.356. The zero-order chi connectivity index (χ0) is 19.9. The van der Waals surface area contributed by atoms with Gasteiger partial charge >= 0.3 is 0 Å². The maximum atomic E-state index is 12.0. The number of hydrogen-bond acceptors (Lipinski definition) is 4. The lowest BCUT2D eigenvalue weighted by Gasteiger charge is -2.37. The highest BCUT2D eigenvalue weighted by Gasteiger charge is 2.24. The summed E-state index contributed by atoms with van der Waals surface area (Å²) in [5, 5.41) is 6.51. The van der Waals surface area contributed by atoms with Crippen LogP contribution in [0.5, 0.6) is 5.75 Å². The number of ether oxygens (including phenoxy) is 1. The third-order valence-corrected chi connectivity index (χ3v) is 5.29. The molecule has 0 saturated carbocycles. The standard InChI is InChI=1S/C21H33N5O2.HI/c1-16(2)24-20(27)15-25-9-11-26(12-10-25)21(22-3)23-14-17-8-13-28-19-7-5-4-6-18(17)19;/h4-7,16-17H,8-15H2,1-3H3,(H,22,23)(H,24,27);1H. The fraction of sp³-hybridized carbons (Fsp3) is 0.619. The van der Waals surface area contributed by atoms with Gasteiger partial charge in [0.1, 0.15) is 5.75 Å². The predicted octanol–water partition coefficient (Wildman–Crippen LogP) is 1.89. The average molecular weight is 515 g/mol. The molecular formula is C21H34IN5O2. The number of carbonyl (C=O) groups excluding carboxylic acids is 1. The molecule has 1 atom stereocenters. The van der Waals surface area contributed by atoms with E-state index >= 15 is 0 Å². The fourth-order valence-electron chi connectivity index (χ4n) is 3.86. The predicted molar refractivity (Wildman–Crippen MR) is 127 cm³/mol. The summed E-state index contributed by atoms with van der Waals surface area (Å²) < 4.78 is 5.76. The molecule has 1 aromatic carbocycles. The van der Waals surface area contributed by atoms with E-state index in [0.717, 1.165) is 57.5 Å². The smallest absolute Gasteiger partial charge is 0.234 e. The van der Waals surface area contributed by atoms with Crippen LogP contribution in [0.2, 0.25) is 0 Å². The summed E-state index contributed by atoms with van der Waals surface area (Å²) in [6, 6.07) is 8.49. The Balaban J connectivity index is 0.00000300. The van der Waals surface area contributed by atoms with Crippen molar-refractivity contribution in [2.45, 2.75) is 32.2 Å². The van der Waals surface area contributed by atoms with E-state index in [9.17, 15) is 4.79 Å². The number of aliphatic imine (C=N–C) groups is 1. The Bertz CT molecular complexity index is 689. The SMILES string of the molecule is CN=C(NCC1CCOc2ccccc21)N1CCN(CC(=O)NC(C)C)CC1.I. The maximum absolute atomic E-state index is 12.0. The molecule has 0 aromatic heterocycles. The van der Waals surface area contributed by atoms with Gasteiger partial charge < -0.3 is 20.3 Å². The molecule has 0 radical (unpaired) electrons. The number of para-hydroxylation sites is 1. The van der Waals surface area contributed by atoms with Crippen LogP contribution >= 0.6 is 24.0 Å². The van der Waals surface area contributed by atoms with Crippen LogP contribution in [0.4, 0.5) is 0 Å². The van der Waals surface area contributed by atoms with Crippen molar-refractivity contribution in [2.75, 3.05) is 52.9 Å². The number of rotatable bonds is 5. The number of guanidine groups is 1. The summed E-state index contributed by atoms with van der Waals surface area (Å²) in [4.78, 5) is 20.9. The highest BCUT2D eigenvalue weighted by Crippen LogP contribution is 2.32. The third-order valence-electron chi connectivity index (χ3n) is 5.29. The van der Waals surface area contributed by atoms with Crippen molar-refractivity contribution < 1.29 is 9.53 Å². The molecule has 29 heavy (non-hydrogen) atoms. The van der Waals surface area contributed by atoms with Crippen LogP contribution in [0, 0.1) is 0 Å². The minimum absolute atomic E-state index is 0. The van der Waals surface area contributed by atoms with Crippen molar-refractivity contribution >= 4 is 35.8 Å². The summed E-state index contributed by atoms with van der Waals surface area (Å²) in [6.07, 6.45) is 1.01. The van der Waals surface area contributed by atoms with E-state index in [1.807, 2.05) is 33.0 Å². The van der Waals surface area contributed by atoms with Crippen molar-refractivity contribution in [2.24, 2.45) is 4.99 Å². The first-order valence-electron chi connectivity index (χ1n) is 10.3. The molecule has 2 N–H and O–H groups in total. The monoisotopic (exact) mass is 515 g/mol. The second-order valence-electron chi connectivity index (χ2n) is 7.79. The Labute approximate surface area is 191 Å². The van der Waals surface area contributed by atoms with E-state index in [1.54, 1.807) is 0 Å². The summed E-state index contributed by atoms with van der Waals surface area (Å²) in [5.74, 6) is 2.48. The second-order valence-corrected chi connectivity index (χ2v) is 7.79. The number of nitrogens with one attached hydrogen (secondary N) is 2. The van der Waals surface area contributed by atoms with E-state index in [0.29, 0.717) is 12.5 Å². The van der Waals surface area contributed by atoms with E-state index in [-0.39, 0.29) is 35.9 Å². The second kappa shape index (κ2) is 11.6. The Morgan fingerprint density at radius 1 is 1.24 bits per heavy atom. The Kier molecular flexibility index (Phi) is 9.48. The van der Waals surface area contributed by atoms with Crippen LogP contribution < -0.4 is 15.4 Å². The molecule has 7 nitrogen and oxygen atoms in total. The summed E-state index contributed by atoms with van der Waals surface area (Å²) in [5.41, 5.74) is 1.28. The number of carbonyl (C=O) groups is 1. The molecule has 1 aromatic rings. The molecule has 1 saturated heterocycles. The molecule has 1 fully saturated rings. The highest BCUT2D eigenvalue weighted by atomic mass is 127. The van der Waals surface area contributed by atoms with Gasteiger partial charge in [-0.15, -0.1) is 24.0 Å². The Hall–Kier alpha value is -1.55. The molecule has 0 bridgehead atoms. The number of amides is 1. The minimum atomic E-state index is 0. The lowest BCUT2D eigenvalue weighted by atomic mass is 9.93. The lowest BCUT2D eigenvalue weighted by molar-refractivity contribution is -0.123. The molecule has 1 amide bonds. The van der Waals surface area contributed by atoms with Gasteiger partial charge in [-0.2, -0.15) is 0 Å². The first-order chi connectivity index (χ1) is 13.6. The van der Waals surface area contributed by atoms with Gasteiger partial charge in [0, 0.05) is 51.7 Å². The zero-order valence-corrected chi connectivity index (χ0v) is 20.0. The highest BCUT2D eigenvalue weighted by molar-refractivity contribution is 14.0. The normalized spacial score (nSPS) is 19.8. The molecule has 2 aliphatic heterocycles. The fourth-order valence-corrected chi connectivity index (χ4v) is 3.86. The molecule has 1 unspecified atom stereocenters. The number of piperazine rings is 1. The molecule has 2 aliphatic rings. The molecule has 2 heterocycles. The van der Waals surface area contributed by atoms with Crippen molar-refractivity contribution in [3.63, 3.8) is 0 Å². The van der Waals surface area contributed by atoms with Gasteiger partial charge in [-0.3, -0.25) is 14.7 Å². The molecule has 0 aliphatic carbocycles. The van der Waals surface area contributed by atoms with Gasteiger partial charge in [0.15, 0.2) is 5.96 Å². The van der Waals surface area contributed by atoms with Crippen molar-refractivity contribution in [1.29, 1.82) is 0 Å². The largest absolute Gasteiger partial charge is 0.493 e. The molecule has 8 heteroatoms. The topological polar surface area (TPSA) is 69.2 Å². The van der Waals surface area contributed by atoms with Crippen LogP contribution in [-0.2, 0) is 4.79 Å². The Morgan fingerprint density at radius 3 is 2.66 bits per heavy atom. The summed E-state index contributed by atoms with van der Waals surface area (Å²) in [7, 11) is 1.84. The van der Waals surface area contributed by atoms with Crippen LogP contribution in [0.25, 0.3) is 0 Å². The molecule has 162 valence electrons. The number of fused-ring (bicyclic) bond motifs is 1. The first kappa shape index (κ1) is 23.7. The number of hydrogen-bond donors (Lipinski definition) is 2. The van der Waals surface area contributed by atoms with Crippen molar-refractivity contribution in [3.05, 3.63) is 29.8 Å². The van der Waals surface area contributed by atoms with Gasteiger partial charge in [-0.05, 0) is 31.9 Å². The summed E-state index contributed by atoms with van der Waals surface area (Å²) >= 11 is 0. The van der Waals surface area contributed by atoms with Gasteiger partial charge in [0.25, 0.3) is 0 Å². The van der Waals surface area contributed by atoms with Crippen LogP contribution in [-0.4, -0.2) is 80.6 Å². The van der Waals surface area contributed by atoms with Crippen LogP contribution in [0.15, 0.2) is 29.3 Å². The number of nitrogens with zero attached hydrogens (tertiary/aromatic N) is 3. The number of halogens is 1. The van der Waals surface area contributed by atoms with Gasteiger partial charge in [-0.25, -0.2) is 0 Å². The van der Waals surface area contributed by atoms with E-state index in [4.69, 9.17) is 4.74 Å². The Morgan fingerprint density at radius 2 is 1.97 bits per heavy atom. The summed E-state index contributed by atoms with van der Waals surface area (Å²) in [6.45, 7) is 9.54. The van der Waals surface area contributed by atoms with Crippen LogP contribution in [0.1, 0.15) is 31.7 Å². The van der Waals surface area contributed by atoms with Crippen molar-refractivity contribution in [1.82, 2.24) is 20.4 Å². The lowest BCUT2D eigenvalue weighted by Crippen LogP contribution is -2.54. The molecular weight excluding hydrogens is 481 g/mol. The maximum Gasteiger partial charge on any atom is 0.234 e. The first-order valence-corrected chi connectivity index (χ1v) is 10.3. The number of benzene rings is 1. The minimum Gasteiger partial charge on any atom is -0.493 e. The zero-order valence-electron chi connectivity index (χ0n) is 17.7. The molecule has 3 rings (SSSR count). The molecule has 0 spiro atoms. The third kappa shape index (κ3) is 6.74. The van der Waals surface area contributed by atoms with E-state index < -0.39 is 0 Å². The van der Waals surface area contributed by atoms with Gasteiger partial charge in [0.05, 0.1) is 13.2 Å². The average Bonchev–Trinajstić information content (AvgIpc) is 2.69. The van der Waals surface area contributed by atoms with Crippen LogP contribution in [0.3, 0.4) is 0 Å². The van der Waals surface area contributed by atoms with E-state index in [2.05, 4.69) is 37.6 Å². The van der Waals surface area contributed by atoms with Crippen molar-refractivity contribution in [3.8, 4) is 5.75 Å². The van der Waals surface area contributed by atoms with Gasteiger partial charge in [0.2, 0.25) is 5.91 Å². The van der Waals surface area contributed by atoms with Gasteiger partial charge in [-0.1, -0.05) is 18.2 Å².